The number of hydrogen-bond acceptors (Lipinski definition) is 2. The van der Waals surface area contributed by atoms with Gasteiger partial charge in [-0.15, -0.1) is 0 Å². The number of fused-ring (bicyclic) bond motifs is 1. The lowest BCUT2D eigenvalue weighted by molar-refractivity contribution is 0.0455. The number of imidazole rings is 1. The molecule has 0 N–H and O–H groups in total. The van der Waals surface area contributed by atoms with Crippen molar-refractivity contribution in [1.82, 2.24) is 14.3 Å². The van der Waals surface area contributed by atoms with Crippen LogP contribution in [0.4, 0.5) is 0 Å². The Labute approximate surface area is 133 Å². The minimum atomic E-state index is -0.0278. The Balaban J connectivity index is 1.63. The standard InChI is InChI=1S/C17H14ClN3O/c18-13-6-7-16-19-14(11-20(16)10-13)17(22)21-9-8-15(21)12-4-2-1-3-5-12/h1-7,10-11,15H,8-9H2/t15-/m1/s1. The Bertz CT molecular complexity index is 843. The summed E-state index contributed by atoms with van der Waals surface area (Å²) in [7, 11) is 0. The molecule has 1 fully saturated rings. The highest BCUT2D eigenvalue weighted by Crippen LogP contribution is 2.34. The summed E-state index contributed by atoms with van der Waals surface area (Å²) in [4.78, 5) is 19.0. The lowest BCUT2D eigenvalue weighted by atomic mass is 9.94. The lowest BCUT2D eigenvalue weighted by Gasteiger charge is -2.41. The normalized spacial score (nSPS) is 17.5. The van der Waals surface area contributed by atoms with Gasteiger partial charge in [-0.05, 0) is 24.1 Å². The van der Waals surface area contributed by atoms with E-state index in [9.17, 15) is 4.79 Å². The predicted molar refractivity (Wildman–Crippen MR) is 85.0 cm³/mol. The van der Waals surface area contributed by atoms with E-state index in [1.54, 1.807) is 22.9 Å². The molecule has 4 rings (SSSR count). The summed E-state index contributed by atoms with van der Waals surface area (Å²) in [5.74, 6) is -0.0278. The van der Waals surface area contributed by atoms with Crippen molar-refractivity contribution in [3.8, 4) is 0 Å². The van der Waals surface area contributed by atoms with Gasteiger partial charge in [0.15, 0.2) is 0 Å². The van der Waals surface area contributed by atoms with E-state index in [0.717, 1.165) is 18.6 Å². The van der Waals surface area contributed by atoms with Gasteiger partial charge in [0.25, 0.3) is 5.91 Å². The smallest absolute Gasteiger partial charge is 0.274 e. The van der Waals surface area contributed by atoms with Gasteiger partial charge in [0, 0.05) is 18.9 Å². The van der Waals surface area contributed by atoms with Crippen LogP contribution in [0, 0.1) is 0 Å². The Morgan fingerprint density at radius 2 is 1.95 bits per heavy atom. The topological polar surface area (TPSA) is 37.6 Å². The van der Waals surface area contributed by atoms with Crippen molar-refractivity contribution in [1.29, 1.82) is 0 Å². The molecule has 0 bridgehead atoms. The van der Waals surface area contributed by atoms with Crippen LogP contribution in [0.3, 0.4) is 0 Å². The second-order valence-electron chi connectivity index (χ2n) is 5.45. The molecule has 1 saturated heterocycles. The Morgan fingerprint density at radius 1 is 1.14 bits per heavy atom. The van der Waals surface area contributed by atoms with Gasteiger partial charge < -0.3 is 9.30 Å². The number of carbonyl (C=O) groups excluding carboxylic acids is 1. The van der Waals surface area contributed by atoms with E-state index in [1.807, 2.05) is 29.2 Å². The summed E-state index contributed by atoms with van der Waals surface area (Å²) in [6.07, 6.45) is 4.49. The molecule has 4 nitrogen and oxygen atoms in total. The molecule has 5 heteroatoms. The predicted octanol–water partition coefficient (Wildman–Crippen LogP) is 3.57. The summed E-state index contributed by atoms with van der Waals surface area (Å²) < 4.78 is 1.78. The van der Waals surface area contributed by atoms with Crippen LogP contribution in [-0.2, 0) is 0 Å². The maximum absolute atomic E-state index is 12.7. The summed E-state index contributed by atoms with van der Waals surface area (Å²) in [5, 5.41) is 0.620. The van der Waals surface area contributed by atoms with Gasteiger partial charge in [-0.1, -0.05) is 41.9 Å². The van der Waals surface area contributed by atoms with Crippen molar-refractivity contribution in [2.45, 2.75) is 12.5 Å². The monoisotopic (exact) mass is 311 g/mol. The number of benzene rings is 1. The fourth-order valence-corrected chi connectivity index (χ4v) is 3.04. The van der Waals surface area contributed by atoms with E-state index >= 15 is 0 Å². The number of rotatable bonds is 2. The zero-order valence-corrected chi connectivity index (χ0v) is 12.6. The largest absolute Gasteiger partial charge is 0.330 e. The molecule has 3 heterocycles. The first-order chi connectivity index (χ1) is 10.7. The minimum Gasteiger partial charge on any atom is -0.330 e. The zero-order valence-electron chi connectivity index (χ0n) is 11.8. The number of aromatic nitrogens is 2. The first-order valence-corrected chi connectivity index (χ1v) is 7.60. The quantitative estimate of drug-likeness (QED) is 0.725. The molecule has 0 aliphatic carbocycles. The van der Waals surface area contributed by atoms with Crippen LogP contribution in [0.2, 0.25) is 5.02 Å². The van der Waals surface area contributed by atoms with E-state index in [0.29, 0.717) is 10.7 Å². The van der Waals surface area contributed by atoms with E-state index in [-0.39, 0.29) is 11.9 Å². The van der Waals surface area contributed by atoms with Gasteiger partial charge in [-0.25, -0.2) is 4.98 Å². The summed E-state index contributed by atoms with van der Waals surface area (Å²) >= 11 is 5.97. The maximum atomic E-state index is 12.7. The first kappa shape index (κ1) is 13.3. The van der Waals surface area contributed by atoms with Crippen LogP contribution >= 0.6 is 11.6 Å². The van der Waals surface area contributed by atoms with Crippen molar-refractivity contribution in [3.05, 3.63) is 71.1 Å². The van der Waals surface area contributed by atoms with Gasteiger partial charge in [-0.3, -0.25) is 4.79 Å². The molecule has 0 saturated carbocycles. The van der Waals surface area contributed by atoms with Crippen molar-refractivity contribution in [3.63, 3.8) is 0 Å². The average molecular weight is 312 g/mol. The molecule has 1 amide bonds. The summed E-state index contributed by atoms with van der Waals surface area (Å²) in [6, 6.07) is 13.9. The van der Waals surface area contributed by atoms with Crippen LogP contribution in [0.25, 0.3) is 5.65 Å². The number of carbonyl (C=O) groups is 1. The molecule has 3 aromatic rings. The molecule has 1 aliphatic rings. The maximum Gasteiger partial charge on any atom is 0.274 e. The molecule has 1 aromatic carbocycles. The van der Waals surface area contributed by atoms with Crippen LogP contribution < -0.4 is 0 Å². The SMILES string of the molecule is O=C(c1cn2cc(Cl)ccc2n1)N1CC[C@@H]1c1ccccc1. The van der Waals surface area contributed by atoms with Gasteiger partial charge >= 0.3 is 0 Å². The third-order valence-corrected chi connectivity index (χ3v) is 4.32. The summed E-state index contributed by atoms with van der Waals surface area (Å²) in [5.41, 5.74) is 2.36. The first-order valence-electron chi connectivity index (χ1n) is 7.22. The molecule has 0 spiro atoms. The van der Waals surface area contributed by atoms with E-state index in [1.165, 1.54) is 5.56 Å². The van der Waals surface area contributed by atoms with Crippen molar-refractivity contribution in [2.75, 3.05) is 6.54 Å². The number of nitrogens with zero attached hydrogens (tertiary/aromatic N) is 3. The van der Waals surface area contributed by atoms with E-state index < -0.39 is 0 Å². The van der Waals surface area contributed by atoms with Crippen LogP contribution in [-0.4, -0.2) is 26.7 Å². The highest BCUT2D eigenvalue weighted by Gasteiger charge is 2.34. The van der Waals surface area contributed by atoms with Crippen molar-refractivity contribution in [2.24, 2.45) is 0 Å². The van der Waals surface area contributed by atoms with Crippen LogP contribution in [0.1, 0.15) is 28.5 Å². The Hall–Kier alpha value is -2.33. The summed E-state index contributed by atoms with van der Waals surface area (Å²) in [6.45, 7) is 0.771. The van der Waals surface area contributed by atoms with Gasteiger partial charge in [-0.2, -0.15) is 0 Å². The number of likely N-dealkylation sites (tertiary alicyclic amines) is 1. The molecule has 1 atom stereocenters. The second-order valence-corrected chi connectivity index (χ2v) is 5.89. The number of halogens is 1. The zero-order chi connectivity index (χ0) is 15.1. The van der Waals surface area contributed by atoms with Gasteiger partial charge in [0.2, 0.25) is 0 Å². The average Bonchev–Trinajstić information content (AvgIpc) is 2.90. The number of amides is 1. The molecule has 22 heavy (non-hydrogen) atoms. The highest BCUT2D eigenvalue weighted by molar-refractivity contribution is 6.30. The highest BCUT2D eigenvalue weighted by atomic mass is 35.5. The Morgan fingerprint density at radius 3 is 2.68 bits per heavy atom. The third-order valence-electron chi connectivity index (χ3n) is 4.10. The molecular weight excluding hydrogens is 298 g/mol. The number of hydrogen-bond donors (Lipinski definition) is 0. The van der Waals surface area contributed by atoms with E-state index in [4.69, 9.17) is 11.6 Å². The van der Waals surface area contributed by atoms with Crippen molar-refractivity contribution < 1.29 is 4.79 Å². The minimum absolute atomic E-state index is 0.0278. The Kier molecular flexibility index (Phi) is 3.12. The second kappa shape index (κ2) is 5.14. The van der Waals surface area contributed by atoms with Gasteiger partial charge in [0.1, 0.15) is 11.3 Å². The molecule has 1 aliphatic heterocycles. The molecular formula is C17H14ClN3O. The van der Waals surface area contributed by atoms with Crippen molar-refractivity contribution >= 4 is 23.2 Å². The molecule has 110 valence electrons. The number of pyridine rings is 1. The van der Waals surface area contributed by atoms with Crippen LogP contribution in [0.15, 0.2) is 54.9 Å². The van der Waals surface area contributed by atoms with Crippen LogP contribution in [0.5, 0.6) is 0 Å². The fourth-order valence-electron chi connectivity index (χ4n) is 2.87. The van der Waals surface area contributed by atoms with Gasteiger partial charge in [0.05, 0.1) is 11.1 Å². The molecule has 0 radical (unpaired) electrons. The van der Waals surface area contributed by atoms with E-state index in [2.05, 4.69) is 17.1 Å². The molecule has 2 aromatic heterocycles. The third kappa shape index (κ3) is 2.16. The lowest BCUT2D eigenvalue weighted by Crippen LogP contribution is -2.45. The molecule has 0 unspecified atom stereocenters. The fraction of sp³-hybridized carbons (Fsp3) is 0.176.